The fourth-order valence-electron chi connectivity index (χ4n) is 7.37. The third kappa shape index (κ3) is 15.2. The van der Waals surface area contributed by atoms with E-state index in [1.54, 1.807) is 44.3 Å². The molecule has 1 aliphatic rings. The predicted octanol–water partition coefficient (Wildman–Crippen LogP) is 2.98. The number of urea groups is 1. The second-order valence-electron chi connectivity index (χ2n) is 15.2. The zero-order chi connectivity index (χ0) is 44.4. The maximum Gasteiger partial charge on any atom is 0.335 e. The molecule has 4 atom stereocenters. The number of rotatable bonds is 21. The Balaban J connectivity index is 1.62. The topological polar surface area (TPSA) is 233 Å². The van der Waals surface area contributed by atoms with E-state index in [1.165, 1.54) is 6.92 Å². The van der Waals surface area contributed by atoms with E-state index in [4.69, 9.17) is 0 Å². The maximum absolute atomic E-state index is 14.0. The van der Waals surface area contributed by atoms with Crippen LogP contribution in [0.1, 0.15) is 87.6 Å². The van der Waals surface area contributed by atoms with Crippen molar-refractivity contribution in [2.45, 2.75) is 89.0 Å². The van der Waals surface area contributed by atoms with Gasteiger partial charge in [-0.15, -0.1) is 0 Å². The van der Waals surface area contributed by atoms with Crippen molar-refractivity contribution in [3.8, 4) is 0 Å². The number of hydrazone groups is 1. The van der Waals surface area contributed by atoms with E-state index in [-0.39, 0.29) is 18.1 Å². The van der Waals surface area contributed by atoms with Crippen LogP contribution in [0.5, 0.6) is 0 Å². The molecular weight excluding hydrogens is 801 g/mol. The van der Waals surface area contributed by atoms with Gasteiger partial charge in [0.2, 0.25) is 17.7 Å². The lowest BCUT2D eigenvalue weighted by molar-refractivity contribution is -0.130. The summed E-state index contributed by atoms with van der Waals surface area (Å²) < 4.78 is 25.2. The van der Waals surface area contributed by atoms with Gasteiger partial charge in [-0.2, -0.15) is 5.10 Å². The smallest absolute Gasteiger partial charge is 0.335 e. The van der Waals surface area contributed by atoms with E-state index in [0.29, 0.717) is 12.0 Å². The fraction of sp³-hybridized carbons (Fsp3) is 0.432. The molecule has 0 bridgehead atoms. The van der Waals surface area contributed by atoms with Gasteiger partial charge in [0, 0.05) is 6.26 Å². The molecule has 7 N–H and O–H groups in total. The van der Waals surface area contributed by atoms with Gasteiger partial charge in [0.05, 0.1) is 30.4 Å². The summed E-state index contributed by atoms with van der Waals surface area (Å²) in [6, 6.07) is 21.0. The minimum atomic E-state index is -3.83. The molecule has 17 heteroatoms. The van der Waals surface area contributed by atoms with Crippen LogP contribution in [-0.2, 0) is 33.8 Å². The Morgan fingerprint density at radius 1 is 0.721 bits per heavy atom. The van der Waals surface area contributed by atoms with Gasteiger partial charge in [-0.05, 0) is 55.8 Å². The molecule has 16 nitrogen and oxygen atoms in total. The molecule has 0 aromatic heterocycles. The van der Waals surface area contributed by atoms with Crippen LogP contribution in [0.15, 0.2) is 96.1 Å². The van der Waals surface area contributed by atoms with E-state index in [1.807, 2.05) is 60.7 Å². The van der Waals surface area contributed by atoms with Gasteiger partial charge in [0.25, 0.3) is 5.91 Å². The average molecular weight is 859 g/mol. The SMILES string of the molecule is CCCC(NC(=O)C(CS(C)(=O)=O)NC(=O)C(NC)C1CCCCC1)/C(=N/NC(=O)NC(c1ccccc1)c1ccccc1)C(=O)NCC(=O)NC(C(C)=O)c1ccccc1. The second-order valence-corrected chi connectivity index (χ2v) is 17.4. The van der Waals surface area contributed by atoms with Crippen molar-refractivity contribution < 1.29 is 37.2 Å². The van der Waals surface area contributed by atoms with Crippen molar-refractivity contribution in [1.82, 2.24) is 37.3 Å². The summed E-state index contributed by atoms with van der Waals surface area (Å²) in [5.41, 5.74) is 4.01. The van der Waals surface area contributed by atoms with Crippen LogP contribution < -0.4 is 37.3 Å². The van der Waals surface area contributed by atoms with Gasteiger partial charge in [0.15, 0.2) is 5.78 Å². The van der Waals surface area contributed by atoms with Crippen LogP contribution in [0, 0.1) is 5.92 Å². The van der Waals surface area contributed by atoms with Gasteiger partial charge < -0.3 is 31.9 Å². The Kier molecular flexibility index (Phi) is 18.6. The van der Waals surface area contributed by atoms with Gasteiger partial charge in [0.1, 0.15) is 27.6 Å². The minimum Gasteiger partial charge on any atom is -0.346 e. The van der Waals surface area contributed by atoms with E-state index in [0.717, 1.165) is 49.5 Å². The zero-order valence-electron chi connectivity index (χ0n) is 35.1. The van der Waals surface area contributed by atoms with E-state index in [9.17, 15) is 37.2 Å². The highest BCUT2D eigenvalue weighted by molar-refractivity contribution is 7.90. The first-order valence-corrected chi connectivity index (χ1v) is 22.6. The molecule has 1 fully saturated rings. The highest BCUT2D eigenvalue weighted by Crippen LogP contribution is 2.27. The summed E-state index contributed by atoms with van der Waals surface area (Å²) in [7, 11) is -2.19. The molecule has 328 valence electrons. The molecule has 3 aromatic rings. The van der Waals surface area contributed by atoms with Crippen LogP contribution in [0.25, 0.3) is 0 Å². The zero-order valence-corrected chi connectivity index (χ0v) is 35.9. The number of nitrogens with zero attached hydrogens (tertiary/aromatic N) is 1. The molecule has 1 aliphatic carbocycles. The van der Waals surface area contributed by atoms with Crippen LogP contribution in [-0.4, -0.2) is 93.3 Å². The number of sulfone groups is 1. The Labute approximate surface area is 357 Å². The summed E-state index contributed by atoms with van der Waals surface area (Å²) >= 11 is 0. The molecule has 4 rings (SSSR count). The van der Waals surface area contributed by atoms with Gasteiger partial charge in [-0.25, -0.2) is 18.6 Å². The van der Waals surface area contributed by atoms with Crippen molar-refractivity contribution in [2.24, 2.45) is 11.0 Å². The lowest BCUT2D eigenvalue weighted by Gasteiger charge is -2.30. The van der Waals surface area contributed by atoms with E-state index in [2.05, 4.69) is 42.4 Å². The molecular formula is C44H58N8O8S. The van der Waals surface area contributed by atoms with Gasteiger partial charge >= 0.3 is 6.03 Å². The largest absolute Gasteiger partial charge is 0.346 e. The number of nitrogens with one attached hydrogen (secondary N) is 7. The van der Waals surface area contributed by atoms with Gasteiger partial charge in [-0.3, -0.25) is 24.0 Å². The Morgan fingerprint density at radius 3 is 1.77 bits per heavy atom. The first-order chi connectivity index (χ1) is 29.2. The molecule has 0 heterocycles. The average Bonchev–Trinajstić information content (AvgIpc) is 3.24. The molecule has 1 saturated carbocycles. The highest BCUT2D eigenvalue weighted by Gasteiger charge is 2.35. The predicted molar refractivity (Wildman–Crippen MR) is 233 cm³/mol. The number of carbonyl (C=O) groups is 6. The monoisotopic (exact) mass is 858 g/mol. The number of likely N-dealkylation sites (N-methyl/N-ethyl adjacent to an activating group) is 1. The third-order valence-corrected chi connectivity index (χ3v) is 11.3. The molecule has 4 unspecified atom stereocenters. The summed E-state index contributed by atoms with van der Waals surface area (Å²) in [6.07, 6.45) is 5.94. The fourth-order valence-corrected chi connectivity index (χ4v) is 8.21. The number of ketones is 1. The van der Waals surface area contributed by atoms with E-state index >= 15 is 0 Å². The maximum atomic E-state index is 14.0. The van der Waals surface area contributed by atoms with Crippen LogP contribution in [0.4, 0.5) is 4.79 Å². The lowest BCUT2D eigenvalue weighted by Crippen LogP contribution is -2.59. The van der Waals surface area contributed by atoms with Crippen molar-refractivity contribution in [1.29, 1.82) is 0 Å². The molecule has 0 saturated heterocycles. The summed E-state index contributed by atoms with van der Waals surface area (Å²) in [5.74, 6) is -4.18. The van der Waals surface area contributed by atoms with Crippen LogP contribution in [0.3, 0.4) is 0 Å². The lowest BCUT2D eigenvalue weighted by atomic mass is 9.83. The standard InChI is InChI=1S/C44H58N8O8S/c1-5-18-34(47-41(55)35(28-61(4,59)60)48-43(57)39(45-3)33-25-16-9-17-26-33)40(42(56)46-27-36(54)49-37(29(2)53)30-19-10-6-11-20-30)51-52-44(58)50-38(31-21-12-7-13-22-31)32-23-14-8-15-24-32/h6-8,10-15,19-24,33-35,37-39,45H,5,9,16-18,25-28H2,1-4H3,(H,46,56)(H,47,55)(H,48,57)(H,49,54)(H2,50,52,58)/b51-40-. The van der Waals surface area contributed by atoms with Crippen molar-refractivity contribution in [3.05, 3.63) is 108 Å². The van der Waals surface area contributed by atoms with E-state index < -0.39 is 87.7 Å². The normalized spacial score (nSPS) is 15.3. The molecule has 3 aromatic carbocycles. The number of Topliss-reactive ketones (excluding diaryl/α,β-unsaturated/α-hetero) is 1. The number of amides is 6. The molecule has 0 spiro atoms. The Morgan fingerprint density at radius 2 is 1.26 bits per heavy atom. The minimum absolute atomic E-state index is 0.00724. The summed E-state index contributed by atoms with van der Waals surface area (Å²) in [6.45, 7) is 2.48. The number of benzene rings is 3. The van der Waals surface area contributed by atoms with Crippen molar-refractivity contribution in [2.75, 3.05) is 25.6 Å². The third-order valence-electron chi connectivity index (χ3n) is 10.3. The summed E-state index contributed by atoms with van der Waals surface area (Å²) in [5, 5.41) is 20.5. The number of hydrogen-bond acceptors (Lipinski definition) is 10. The Hall–Kier alpha value is -5.94. The number of carbonyl (C=O) groups excluding carboxylic acids is 6. The van der Waals surface area contributed by atoms with Crippen LogP contribution in [0.2, 0.25) is 0 Å². The number of hydrogen-bond donors (Lipinski definition) is 7. The summed E-state index contributed by atoms with van der Waals surface area (Å²) in [4.78, 5) is 80.8. The first kappa shape index (κ1) is 47.7. The highest BCUT2D eigenvalue weighted by atomic mass is 32.2. The first-order valence-electron chi connectivity index (χ1n) is 20.5. The second kappa shape index (κ2) is 23.7. The molecule has 61 heavy (non-hydrogen) atoms. The Bertz CT molecular complexity index is 2040. The van der Waals surface area contributed by atoms with Crippen molar-refractivity contribution >= 4 is 51.0 Å². The molecule has 0 radical (unpaired) electrons. The quantitative estimate of drug-likeness (QED) is 0.0616. The van der Waals surface area contributed by atoms with Crippen LogP contribution >= 0.6 is 0 Å². The van der Waals surface area contributed by atoms with Crippen molar-refractivity contribution in [3.63, 3.8) is 0 Å². The molecule has 0 aliphatic heterocycles. The van der Waals surface area contributed by atoms with Gasteiger partial charge in [-0.1, -0.05) is 124 Å². The molecule has 6 amide bonds.